The number of hydrogen-bond acceptors (Lipinski definition) is 6. The quantitative estimate of drug-likeness (QED) is 0.274. The number of rotatable bonds is 10. The Morgan fingerprint density at radius 2 is 1.86 bits per heavy atom. The smallest absolute Gasteiger partial charge is 0.398 e. The number of anilines is 1. The number of hydrogen-bond donors (Lipinski definition) is 4. The van der Waals surface area contributed by atoms with E-state index in [-0.39, 0.29) is 29.9 Å². The van der Waals surface area contributed by atoms with E-state index in [4.69, 9.17) is 5.73 Å². The van der Waals surface area contributed by atoms with E-state index >= 15 is 0 Å². The van der Waals surface area contributed by atoms with Gasteiger partial charge in [0.25, 0.3) is 5.91 Å². The van der Waals surface area contributed by atoms with Crippen LogP contribution in [0, 0.1) is 0 Å². The summed E-state index contributed by atoms with van der Waals surface area (Å²) in [5.41, 5.74) is 5.46. The standard InChI is InChI=1S/C26H34F3N5O2S/c1-3-11-34-12-10-22(31-14-17-4-7-19(37-2)8-5-17)23(16-34)33-24(35)15-32-25(36)20-13-18(26(27,28)29)6-9-21(20)30/h4-9,13,22-23,31H,3,10-12,14-16,30H2,1-2H3,(H,32,36)(H,33,35)/t22-,23+/m0/s1. The third kappa shape index (κ3) is 8.37. The largest absolute Gasteiger partial charge is 0.416 e. The first-order valence-electron chi connectivity index (χ1n) is 12.2. The minimum atomic E-state index is -4.61. The number of halogens is 3. The molecule has 11 heteroatoms. The minimum absolute atomic E-state index is 0.0343. The van der Waals surface area contributed by atoms with Crippen molar-refractivity contribution in [1.82, 2.24) is 20.9 Å². The van der Waals surface area contributed by atoms with E-state index in [2.05, 4.69) is 52.0 Å². The van der Waals surface area contributed by atoms with Crippen LogP contribution in [0.25, 0.3) is 0 Å². The highest BCUT2D eigenvalue weighted by atomic mass is 32.2. The van der Waals surface area contributed by atoms with Crippen LogP contribution in [0.2, 0.25) is 0 Å². The second kappa shape index (κ2) is 13.2. The Balaban J connectivity index is 1.59. The van der Waals surface area contributed by atoms with Gasteiger partial charge in [0.05, 0.1) is 23.7 Å². The van der Waals surface area contributed by atoms with Gasteiger partial charge in [0.2, 0.25) is 5.91 Å². The molecule has 1 aliphatic heterocycles. The van der Waals surface area contributed by atoms with E-state index in [0.29, 0.717) is 19.2 Å². The first kappa shape index (κ1) is 28.8. The number of nitrogens with zero attached hydrogens (tertiary/aromatic N) is 1. The molecule has 37 heavy (non-hydrogen) atoms. The summed E-state index contributed by atoms with van der Waals surface area (Å²) in [7, 11) is 0. The molecule has 1 saturated heterocycles. The molecule has 0 saturated carbocycles. The highest BCUT2D eigenvalue weighted by Crippen LogP contribution is 2.31. The van der Waals surface area contributed by atoms with E-state index in [1.54, 1.807) is 11.8 Å². The van der Waals surface area contributed by atoms with E-state index in [0.717, 1.165) is 43.6 Å². The zero-order chi connectivity index (χ0) is 27.0. The number of nitrogens with two attached hydrogens (primary N) is 1. The van der Waals surface area contributed by atoms with Gasteiger partial charge in [-0.25, -0.2) is 0 Å². The summed E-state index contributed by atoms with van der Waals surface area (Å²) in [6.45, 7) is 4.88. The van der Waals surface area contributed by atoms with E-state index in [1.807, 2.05) is 6.26 Å². The van der Waals surface area contributed by atoms with Gasteiger partial charge < -0.3 is 26.6 Å². The van der Waals surface area contributed by atoms with Crippen molar-refractivity contribution in [3.8, 4) is 0 Å². The van der Waals surface area contributed by atoms with Crippen molar-refractivity contribution < 1.29 is 22.8 Å². The molecule has 2 aromatic carbocycles. The number of carbonyl (C=O) groups excluding carboxylic acids is 2. The number of alkyl halides is 3. The molecule has 1 heterocycles. The number of carbonyl (C=O) groups is 2. The van der Waals surface area contributed by atoms with Crippen LogP contribution >= 0.6 is 11.8 Å². The van der Waals surface area contributed by atoms with Crippen LogP contribution in [0.3, 0.4) is 0 Å². The number of likely N-dealkylation sites (tertiary alicyclic amines) is 1. The lowest BCUT2D eigenvalue weighted by Crippen LogP contribution is -2.60. The zero-order valence-electron chi connectivity index (χ0n) is 21.0. The SMILES string of the molecule is CCCN1CC[C@H](NCc2ccc(SC)cc2)[C@H](NC(=O)CNC(=O)c2cc(C(F)(F)F)ccc2N)C1. The molecular weight excluding hydrogens is 503 g/mol. The molecule has 0 radical (unpaired) electrons. The van der Waals surface area contributed by atoms with Crippen molar-refractivity contribution >= 4 is 29.3 Å². The summed E-state index contributed by atoms with van der Waals surface area (Å²) in [5, 5.41) is 8.94. The normalized spacial score (nSPS) is 18.4. The van der Waals surface area contributed by atoms with Crippen molar-refractivity contribution in [3.63, 3.8) is 0 Å². The second-order valence-corrected chi connectivity index (χ2v) is 9.96. The van der Waals surface area contributed by atoms with Gasteiger partial charge in [-0.05, 0) is 68.1 Å². The average Bonchev–Trinajstić information content (AvgIpc) is 2.87. The molecular formula is C26H34F3N5O2S. The number of nitrogens with one attached hydrogen (secondary N) is 3. The Bertz CT molecular complexity index is 1070. The number of piperidine rings is 1. The van der Waals surface area contributed by atoms with Crippen molar-refractivity contribution in [1.29, 1.82) is 0 Å². The fourth-order valence-corrected chi connectivity index (χ4v) is 4.77. The van der Waals surface area contributed by atoms with Crippen LogP contribution in [0.1, 0.15) is 41.3 Å². The number of thioether (sulfide) groups is 1. The monoisotopic (exact) mass is 537 g/mol. The summed E-state index contributed by atoms with van der Waals surface area (Å²) >= 11 is 1.68. The molecule has 1 fully saturated rings. The van der Waals surface area contributed by atoms with Crippen molar-refractivity contribution in [2.24, 2.45) is 0 Å². The maximum absolute atomic E-state index is 13.0. The Labute approximate surface area is 219 Å². The Hall–Kier alpha value is -2.76. The summed E-state index contributed by atoms with van der Waals surface area (Å²) in [6, 6.07) is 10.7. The van der Waals surface area contributed by atoms with Crippen LogP contribution in [-0.4, -0.2) is 61.2 Å². The maximum atomic E-state index is 13.0. The second-order valence-electron chi connectivity index (χ2n) is 9.08. The van der Waals surface area contributed by atoms with E-state index in [1.165, 1.54) is 4.90 Å². The first-order chi connectivity index (χ1) is 17.6. The molecule has 2 atom stereocenters. The lowest BCUT2D eigenvalue weighted by Gasteiger charge is -2.39. The predicted octanol–water partition coefficient (Wildman–Crippen LogP) is 3.50. The first-order valence-corrected chi connectivity index (χ1v) is 13.5. The lowest BCUT2D eigenvalue weighted by molar-refractivity contribution is -0.137. The molecule has 2 amide bonds. The van der Waals surface area contributed by atoms with Gasteiger partial charge in [0.15, 0.2) is 0 Å². The molecule has 0 aliphatic carbocycles. The fourth-order valence-electron chi connectivity index (χ4n) is 4.36. The third-order valence-electron chi connectivity index (χ3n) is 6.35. The zero-order valence-corrected chi connectivity index (χ0v) is 21.8. The van der Waals surface area contributed by atoms with Gasteiger partial charge in [0, 0.05) is 29.7 Å². The van der Waals surface area contributed by atoms with Crippen LogP contribution in [0.15, 0.2) is 47.4 Å². The van der Waals surface area contributed by atoms with E-state index in [9.17, 15) is 22.8 Å². The summed E-state index contributed by atoms with van der Waals surface area (Å²) in [4.78, 5) is 28.7. The van der Waals surface area contributed by atoms with Crippen molar-refractivity contribution in [3.05, 3.63) is 59.2 Å². The molecule has 0 bridgehead atoms. The number of nitrogen functional groups attached to an aromatic ring is 1. The molecule has 0 unspecified atom stereocenters. The van der Waals surface area contributed by atoms with Gasteiger partial charge in [-0.15, -0.1) is 11.8 Å². The van der Waals surface area contributed by atoms with E-state index < -0.39 is 23.6 Å². The summed E-state index contributed by atoms with van der Waals surface area (Å²) < 4.78 is 39.1. The Morgan fingerprint density at radius 3 is 2.51 bits per heavy atom. The van der Waals surface area contributed by atoms with Crippen LogP contribution in [-0.2, 0) is 17.5 Å². The molecule has 3 rings (SSSR count). The minimum Gasteiger partial charge on any atom is -0.398 e. The van der Waals surface area contributed by atoms with Crippen molar-refractivity contribution in [2.45, 2.75) is 49.5 Å². The van der Waals surface area contributed by atoms with Gasteiger partial charge in [-0.3, -0.25) is 9.59 Å². The molecule has 2 aromatic rings. The van der Waals surface area contributed by atoms with Gasteiger partial charge in [-0.2, -0.15) is 13.2 Å². The Kier molecular flexibility index (Phi) is 10.2. The van der Waals surface area contributed by atoms with Gasteiger partial charge in [0.1, 0.15) is 0 Å². The molecule has 0 aromatic heterocycles. The Morgan fingerprint density at radius 1 is 1.14 bits per heavy atom. The third-order valence-corrected chi connectivity index (χ3v) is 7.09. The molecule has 5 N–H and O–H groups in total. The highest BCUT2D eigenvalue weighted by molar-refractivity contribution is 7.98. The molecule has 7 nitrogen and oxygen atoms in total. The van der Waals surface area contributed by atoms with Crippen LogP contribution < -0.4 is 21.7 Å². The highest BCUT2D eigenvalue weighted by Gasteiger charge is 2.32. The molecule has 202 valence electrons. The summed E-state index contributed by atoms with van der Waals surface area (Å²) in [6.07, 6.45) is -0.734. The number of amides is 2. The van der Waals surface area contributed by atoms with Gasteiger partial charge in [-0.1, -0.05) is 19.1 Å². The predicted molar refractivity (Wildman–Crippen MR) is 140 cm³/mol. The van der Waals surface area contributed by atoms with Gasteiger partial charge >= 0.3 is 6.18 Å². The van der Waals surface area contributed by atoms with Crippen LogP contribution in [0.5, 0.6) is 0 Å². The maximum Gasteiger partial charge on any atom is 0.416 e. The van der Waals surface area contributed by atoms with Crippen LogP contribution in [0.4, 0.5) is 18.9 Å². The van der Waals surface area contributed by atoms with Crippen molar-refractivity contribution in [2.75, 3.05) is 38.2 Å². The topological polar surface area (TPSA) is 99.5 Å². The molecule has 0 spiro atoms. The lowest BCUT2D eigenvalue weighted by atomic mass is 9.98. The molecule has 1 aliphatic rings. The fraction of sp³-hybridized carbons (Fsp3) is 0.462. The average molecular weight is 538 g/mol. The number of benzene rings is 2. The summed E-state index contributed by atoms with van der Waals surface area (Å²) in [5.74, 6) is -1.25.